The van der Waals surface area contributed by atoms with Crippen molar-refractivity contribution in [1.82, 2.24) is 5.32 Å². The summed E-state index contributed by atoms with van der Waals surface area (Å²) in [5.74, 6) is -0.305. The molecule has 0 aliphatic carbocycles. The Morgan fingerprint density at radius 2 is 1.48 bits per heavy atom. The zero-order valence-corrected chi connectivity index (χ0v) is 18.1. The predicted molar refractivity (Wildman–Crippen MR) is 119 cm³/mol. The summed E-state index contributed by atoms with van der Waals surface area (Å²) in [6.07, 6.45) is 1.88. The maximum Gasteiger partial charge on any atom is 0.279 e. The fourth-order valence-corrected chi connectivity index (χ4v) is 3.93. The SMILES string of the molecule is C[C@@H](CCc1ccccc1)NC(=O)C[NH+]1CC[NH+](CC(=O)Nc2ccc(F)cc2)CC1. The molecule has 0 saturated carbocycles. The molecule has 1 aliphatic rings. The van der Waals surface area contributed by atoms with Crippen LogP contribution in [0.3, 0.4) is 0 Å². The van der Waals surface area contributed by atoms with E-state index in [1.54, 1.807) is 12.1 Å². The van der Waals surface area contributed by atoms with E-state index in [1.807, 2.05) is 18.2 Å². The van der Waals surface area contributed by atoms with Crippen LogP contribution in [0.15, 0.2) is 54.6 Å². The first-order valence-electron chi connectivity index (χ1n) is 11.0. The van der Waals surface area contributed by atoms with Crippen LogP contribution in [0.25, 0.3) is 0 Å². The predicted octanol–water partition coefficient (Wildman–Crippen LogP) is -0.315. The molecule has 4 N–H and O–H groups in total. The Hall–Kier alpha value is -2.77. The quantitative estimate of drug-likeness (QED) is 0.443. The van der Waals surface area contributed by atoms with E-state index in [1.165, 1.54) is 27.5 Å². The van der Waals surface area contributed by atoms with Gasteiger partial charge in [-0.25, -0.2) is 4.39 Å². The van der Waals surface area contributed by atoms with E-state index in [4.69, 9.17) is 0 Å². The Bertz CT molecular complexity index is 836. The second-order valence-electron chi connectivity index (χ2n) is 8.40. The number of carbonyl (C=O) groups is 2. The van der Waals surface area contributed by atoms with Crippen LogP contribution < -0.4 is 20.4 Å². The summed E-state index contributed by atoms with van der Waals surface area (Å²) in [4.78, 5) is 27.1. The summed E-state index contributed by atoms with van der Waals surface area (Å²) in [6.45, 7) is 6.35. The van der Waals surface area contributed by atoms with Gasteiger partial charge < -0.3 is 20.4 Å². The zero-order valence-electron chi connectivity index (χ0n) is 18.1. The highest BCUT2D eigenvalue weighted by molar-refractivity contribution is 5.91. The van der Waals surface area contributed by atoms with Crippen LogP contribution in [0, 0.1) is 5.82 Å². The second kappa shape index (κ2) is 11.6. The number of amides is 2. The van der Waals surface area contributed by atoms with Crippen LogP contribution in [0.2, 0.25) is 0 Å². The molecule has 1 fully saturated rings. The first-order chi connectivity index (χ1) is 15.0. The van der Waals surface area contributed by atoms with Crippen LogP contribution in [-0.4, -0.2) is 57.1 Å². The number of quaternary nitrogens is 2. The van der Waals surface area contributed by atoms with Gasteiger partial charge in [0, 0.05) is 11.7 Å². The highest BCUT2D eigenvalue weighted by atomic mass is 19.1. The van der Waals surface area contributed by atoms with Crippen LogP contribution in [0.5, 0.6) is 0 Å². The van der Waals surface area contributed by atoms with E-state index in [-0.39, 0.29) is 23.7 Å². The molecule has 0 bridgehead atoms. The number of benzene rings is 2. The van der Waals surface area contributed by atoms with Gasteiger partial charge in [-0.15, -0.1) is 0 Å². The van der Waals surface area contributed by atoms with Crippen LogP contribution in [0.4, 0.5) is 10.1 Å². The molecule has 31 heavy (non-hydrogen) atoms. The van der Waals surface area contributed by atoms with E-state index < -0.39 is 0 Å². The lowest BCUT2D eigenvalue weighted by atomic mass is 10.1. The van der Waals surface area contributed by atoms with E-state index >= 15 is 0 Å². The third-order valence-electron chi connectivity index (χ3n) is 5.73. The van der Waals surface area contributed by atoms with Gasteiger partial charge >= 0.3 is 0 Å². The monoisotopic (exact) mass is 428 g/mol. The van der Waals surface area contributed by atoms with Crippen molar-refractivity contribution in [2.75, 3.05) is 44.6 Å². The molecule has 3 rings (SSSR count). The van der Waals surface area contributed by atoms with Gasteiger partial charge in [-0.3, -0.25) is 9.59 Å². The molecule has 0 unspecified atom stereocenters. The molecule has 1 aliphatic heterocycles. The number of rotatable bonds is 9. The summed E-state index contributed by atoms with van der Waals surface area (Å²) in [7, 11) is 0. The number of nitrogens with one attached hydrogen (secondary N) is 4. The van der Waals surface area contributed by atoms with Crippen molar-refractivity contribution >= 4 is 17.5 Å². The highest BCUT2D eigenvalue weighted by Gasteiger charge is 2.26. The Morgan fingerprint density at radius 3 is 2.10 bits per heavy atom. The lowest BCUT2D eigenvalue weighted by molar-refractivity contribution is -1.00. The minimum Gasteiger partial charge on any atom is -0.349 e. The Labute approximate surface area is 183 Å². The first kappa shape index (κ1) is 22.9. The van der Waals surface area contributed by atoms with Crippen molar-refractivity contribution in [2.45, 2.75) is 25.8 Å². The highest BCUT2D eigenvalue weighted by Crippen LogP contribution is 2.07. The average Bonchev–Trinajstić information content (AvgIpc) is 2.76. The second-order valence-corrected chi connectivity index (χ2v) is 8.40. The number of aryl methyl sites for hydroxylation is 1. The fraction of sp³-hybridized carbons (Fsp3) is 0.417. The molecule has 1 saturated heterocycles. The van der Waals surface area contributed by atoms with Crippen molar-refractivity contribution in [1.29, 1.82) is 0 Å². The average molecular weight is 429 g/mol. The van der Waals surface area contributed by atoms with Gasteiger partial charge in [-0.1, -0.05) is 30.3 Å². The summed E-state index contributed by atoms with van der Waals surface area (Å²) in [5.41, 5.74) is 1.89. The minimum atomic E-state index is -0.322. The summed E-state index contributed by atoms with van der Waals surface area (Å²) < 4.78 is 13.0. The lowest BCUT2D eigenvalue weighted by Gasteiger charge is -2.29. The van der Waals surface area contributed by atoms with Gasteiger partial charge in [0.1, 0.15) is 32.0 Å². The Balaban J connectivity index is 1.31. The van der Waals surface area contributed by atoms with E-state index in [0.29, 0.717) is 18.8 Å². The molecular weight excluding hydrogens is 395 g/mol. The van der Waals surface area contributed by atoms with E-state index in [2.05, 4.69) is 29.7 Å². The molecule has 7 heteroatoms. The molecule has 2 aromatic rings. The van der Waals surface area contributed by atoms with Gasteiger partial charge in [0.2, 0.25) is 0 Å². The topological polar surface area (TPSA) is 67.1 Å². The molecule has 2 aromatic carbocycles. The number of hydrogen-bond acceptors (Lipinski definition) is 2. The van der Waals surface area contributed by atoms with Crippen molar-refractivity contribution in [3.8, 4) is 0 Å². The molecule has 6 nitrogen and oxygen atoms in total. The van der Waals surface area contributed by atoms with Crippen molar-refractivity contribution in [3.05, 3.63) is 66.0 Å². The van der Waals surface area contributed by atoms with Gasteiger partial charge in [-0.05, 0) is 49.6 Å². The smallest absolute Gasteiger partial charge is 0.279 e. The Kier molecular flexibility index (Phi) is 8.55. The van der Waals surface area contributed by atoms with Crippen molar-refractivity contribution in [3.63, 3.8) is 0 Å². The molecule has 0 aromatic heterocycles. The molecule has 166 valence electrons. The fourth-order valence-electron chi connectivity index (χ4n) is 3.93. The summed E-state index contributed by atoms with van der Waals surface area (Å²) >= 11 is 0. The maximum atomic E-state index is 13.0. The largest absolute Gasteiger partial charge is 0.349 e. The maximum absolute atomic E-state index is 13.0. The van der Waals surface area contributed by atoms with E-state index in [0.717, 1.165) is 39.0 Å². The number of carbonyl (C=O) groups excluding carboxylic acids is 2. The minimum absolute atomic E-state index is 0.0740. The number of piperazine rings is 1. The number of halogens is 1. The summed E-state index contributed by atoms with van der Waals surface area (Å²) in [6, 6.07) is 16.2. The number of anilines is 1. The number of hydrogen-bond donors (Lipinski definition) is 4. The molecular formula is C24H33FN4O2+2. The van der Waals surface area contributed by atoms with Crippen molar-refractivity contribution in [2.24, 2.45) is 0 Å². The lowest BCUT2D eigenvalue weighted by Crippen LogP contribution is -3.28. The third-order valence-corrected chi connectivity index (χ3v) is 5.73. The zero-order chi connectivity index (χ0) is 22.1. The van der Waals surface area contributed by atoms with Gasteiger partial charge in [0.25, 0.3) is 11.8 Å². The molecule has 1 heterocycles. The van der Waals surface area contributed by atoms with Gasteiger partial charge in [0.15, 0.2) is 13.1 Å². The standard InChI is InChI=1S/C24H31FN4O2/c1-19(7-8-20-5-3-2-4-6-20)26-23(30)17-28-13-15-29(16-14-28)18-24(31)27-22-11-9-21(25)10-12-22/h2-6,9-12,19H,7-8,13-18H2,1H3,(H,26,30)(H,27,31)/p+2/t19-/m0/s1. The first-order valence-corrected chi connectivity index (χ1v) is 11.0. The van der Waals surface area contributed by atoms with Crippen molar-refractivity contribution < 1.29 is 23.8 Å². The Morgan fingerprint density at radius 1 is 0.903 bits per heavy atom. The van der Waals surface area contributed by atoms with Crippen LogP contribution >= 0.6 is 0 Å². The summed E-state index contributed by atoms with van der Waals surface area (Å²) in [5, 5.41) is 5.92. The molecule has 2 amide bonds. The molecule has 1 atom stereocenters. The van der Waals surface area contributed by atoms with E-state index in [9.17, 15) is 14.0 Å². The normalized spacial score (nSPS) is 19.4. The van der Waals surface area contributed by atoms with Crippen LogP contribution in [0.1, 0.15) is 18.9 Å². The van der Waals surface area contributed by atoms with Crippen LogP contribution in [-0.2, 0) is 16.0 Å². The van der Waals surface area contributed by atoms with Gasteiger partial charge in [-0.2, -0.15) is 0 Å². The molecule has 0 radical (unpaired) electrons. The van der Waals surface area contributed by atoms with Gasteiger partial charge in [0.05, 0.1) is 0 Å². The third kappa shape index (κ3) is 8.11. The molecule has 0 spiro atoms.